The molecule has 198 valence electrons. The van der Waals surface area contributed by atoms with E-state index in [0.29, 0.717) is 19.5 Å². The second-order valence-corrected chi connectivity index (χ2v) is 11.1. The van der Waals surface area contributed by atoms with Gasteiger partial charge in [0.15, 0.2) is 11.6 Å². The van der Waals surface area contributed by atoms with Crippen molar-refractivity contribution in [3.63, 3.8) is 0 Å². The minimum absolute atomic E-state index is 0.0215. The summed E-state index contributed by atoms with van der Waals surface area (Å²) in [5.41, 5.74) is 0.998. The molecule has 0 aliphatic carbocycles. The van der Waals surface area contributed by atoms with Crippen LogP contribution >= 0.6 is 0 Å². The lowest BCUT2D eigenvalue weighted by Crippen LogP contribution is -2.49. The molecule has 0 spiro atoms. The van der Waals surface area contributed by atoms with Gasteiger partial charge >= 0.3 is 0 Å². The molecule has 1 N–H and O–H groups in total. The average Bonchev–Trinajstić information content (AvgIpc) is 2.82. The Morgan fingerprint density at radius 1 is 0.972 bits per heavy atom. The van der Waals surface area contributed by atoms with Crippen LogP contribution in [-0.2, 0) is 26.0 Å². The van der Waals surface area contributed by atoms with Crippen LogP contribution in [0.1, 0.15) is 39.2 Å². The third-order valence-electron chi connectivity index (χ3n) is 5.68. The predicted molar refractivity (Wildman–Crippen MR) is 137 cm³/mol. The van der Waals surface area contributed by atoms with Gasteiger partial charge in [0, 0.05) is 32.1 Å². The van der Waals surface area contributed by atoms with Crippen LogP contribution in [0.5, 0.6) is 0 Å². The summed E-state index contributed by atoms with van der Waals surface area (Å²) in [6.45, 7) is 6.33. The van der Waals surface area contributed by atoms with E-state index in [0.717, 1.165) is 28.3 Å². The molecule has 2 aromatic rings. The summed E-state index contributed by atoms with van der Waals surface area (Å²) in [4.78, 5) is 27.4. The Balaban J connectivity index is 2.11. The smallest absolute Gasteiger partial charge is 0.242 e. The van der Waals surface area contributed by atoms with Gasteiger partial charge in [0.1, 0.15) is 6.04 Å². The molecular formula is C26H35F2N3O4S. The van der Waals surface area contributed by atoms with Crippen LogP contribution in [0.4, 0.5) is 14.5 Å². The van der Waals surface area contributed by atoms with Crippen molar-refractivity contribution in [3.8, 4) is 0 Å². The van der Waals surface area contributed by atoms with Crippen LogP contribution in [0.15, 0.2) is 48.5 Å². The zero-order valence-corrected chi connectivity index (χ0v) is 22.0. The molecule has 0 fully saturated rings. The van der Waals surface area contributed by atoms with Crippen LogP contribution in [-0.4, -0.2) is 57.1 Å². The van der Waals surface area contributed by atoms with E-state index in [2.05, 4.69) is 5.32 Å². The number of halogens is 2. The molecule has 36 heavy (non-hydrogen) atoms. The summed E-state index contributed by atoms with van der Waals surface area (Å²) in [7, 11) is -3.80. The lowest BCUT2D eigenvalue weighted by molar-refractivity contribution is -0.140. The number of nitrogens with one attached hydrogen (secondary N) is 1. The Kier molecular flexibility index (Phi) is 10.8. The highest BCUT2D eigenvalue weighted by molar-refractivity contribution is 7.92. The summed E-state index contributed by atoms with van der Waals surface area (Å²) in [5, 5.41) is 2.85. The highest BCUT2D eigenvalue weighted by atomic mass is 32.2. The number of sulfonamides is 1. The van der Waals surface area contributed by atoms with Gasteiger partial charge in [0.2, 0.25) is 21.8 Å². The third kappa shape index (κ3) is 8.89. The van der Waals surface area contributed by atoms with Crippen molar-refractivity contribution in [2.24, 2.45) is 5.92 Å². The molecule has 0 radical (unpaired) electrons. The summed E-state index contributed by atoms with van der Waals surface area (Å²) in [6.07, 6.45) is 1.63. The Hall–Kier alpha value is -3.01. The first-order valence-electron chi connectivity index (χ1n) is 11.9. The monoisotopic (exact) mass is 523 g/mol. The van der Waals surface area contributed by atoms with Gasteiger partial charge in [-0.3, -0.25) is 13.9 Å². The van der Waals surface area contributed by atoms with E-state index >= 15 is 0 Å². The van der Waals surface area contributed by atoms with E-state index < -0.39 is 27.7 Å². The number of carbonyl (C=O) groups is 2. The average molecular weight is 524 g/mol. The highest BCUT2D eigenvalue weighted by Crippen LogP contribution is 2.21. The number of anilines is 1. The van der Waals surface area contributed by atoms with Gasteiger partial charge in [0.05, 0.1) is 11.9 Å². The van der Waals surface area contributed by atoms with E-state index in [4.69, 9.17) is 0 Å². The number of amides is 2. The zero-order valence-electron chi connectivity index (χ0n) is 21.2. The van der Waals surface area contributed by atoms with Gasteiger partial charge in [0.25, 0.3) is 0 Å². The molecule has 2 amide bonds. The van der Waals surface area contributed by atoms with Gasteiger partial charge in [-0.2, -0.15) is 0 Å². The third-order valence-corrected chi connectivity index (χ3v) is 6.87. The van der Waals surface area contributed by atoms with E-state index in [9.17, 15) is 26.8 Å². The van der Waals surface area contributed by atoms with Crippen LogP contribution in [0.2, 0.25) is 0 Å². The molecule has 0 saturated carbocycles. The van der Waals surface area contributed by atoms with Crippen molar-refractivity contribution in [2.75, 3.05) is 30.2 Å². The molecule has 10 heteroatoms. The van der Waals surface area contributed by atoms with Crippen LogP contribution < -0.4 is 9.62 Å². The van der Waals surface area contributed by atoms with Crippen LogP contribution in [0, 0.1) is 17.6 Å². The topological polar surface area (TPSA) is 86.8 Å². The second-order valence-electron chi connectivity index (χ2n) is 9.17. The Morgan fingerprint density at radius 3 is 2.22 bits per heavy atom. The molecule has 7 nitrogen and oxygen atoms in total. The number of carbonyl (C=O) groups excluding carboxylic acids is 2. The fourth-order valence-corrected chi connectivity index (χ4v) is 4.62. The maximum Gasteiger partial charge on any atom is 0.242 e. The first-order chi connectivity index (χ1) is 16.9. The normalized spacial score (nSPS) is 12.3. The SMILES string of the molecule is CC(C)CNC(=O)[C@H](C)N(CCc1ccccc1)C(=O)CCCN(c1ccc(F)c(F)c1)S(C)(=O)=O. The number of benzene rings is 2. The van der Waals surface area contributed by atoms with Gasteiger partial charge < -0.3 is 10.2 Å². The molecule has 0 aliphatic heterocycles. The number of nitrogens with zero attached hydrogens (tertiary/aromatic N) is 2. The Morgan fingerprint density at radius 2 is 1.64 bits per heavy atom. The van der Waals surface area contributed by atoms with Crippen molar-refractivity contribution < 1.29 is 26.8 Å². The second kappa shape index (κ2) is 13.3. The molecule has 2 rings (SSSR count). The predicted octanol–water partition coefficient (Wildman–Crippen LogP) is 3.74. The van der Waals surface area contributed by atoms with E-state index in [1.165, 1.54) is 11.0 Å². The first-order valence-corrected chi connectivity index (χ1v) is 13.8. The summed E-state index contributed by atoms with van der Waals surface area (Å²) < 4.78 is 52.5. The standard InChI is InChI=1S/C26H35F2N3O4S/c1-19(2)18-29-26(33)20(3)30(16-14-21-9-6-5-7-10-21)25(32)11-8-15-31(36(4,34)35)22-12-13-23(27)24(28)17-22/h5-7,9-10,12-13,17,19-20H,8,11,14-16,18H2,1-4H3,(H,29,33)/t20-/m0/s1. The van der Waals surface area contributed by atoms with Crippen molar-refractivity contribution in [1.82, 2.24) is 10.2 Å². The highest BCUT2D eigenvalue weighted by Gasteiger charge is 2.26. The number of hydrogen-bond donors (Lipinski definition) is 1. The van der Waals surface area contributed by atoms with E-state index in [1.807, 2.05) is 44.2 Å². The molecule has 0 heterocycles. The molecular weight excluding hydrogens is 488 g/mol. The first kappa shape index (κ1) is 29.2. The quantitative estimate of drug-likeness (QED) is 0.433. The Labute approximate surface area is 212 Å². The maximum absolute atomic E-state index is 13.7. The fraction of sp³-hybridized carbons (Fsp3) is 0.462. The molecule has 1 atom stereocenters. The summed E-state index contributed by atoms with van der Waals surface area (Å²) >= 11 is 0. The molecule has 2 aromatic carbocycles. The van der Waals surface area contributed by atoms with Crippen molar-refractivity contribution in [2.45, 2.75) is 46.1 Å². The molecule has 0 aliphatic rings. The summed E-state index contributed by atoms with van der Waals surface area (Å²) in [6, 6.07) is 11.7. The minimum atomic E-state index is -3.80. The minimum Gasteiger partial charge on any atom is -0.354 e. The van der Waals surface area contributed by atoms with Crippen molar-refractivity contribution in [1.29, 1.82) is 0 Å². The zero-order chi connectivity index (χ0) is 26.9. The summed E-state index contributed by atoms with van der Waals surface area (Å²) in [5.74, 6) is -2.54. The van der Waals surface area contributed by atoms with Crippen molar-refractivity contribution >= 4 is 27.5 Å². The lowest BCUT2D eigenvalue weighted by atomic mass is 10.1. The van der Waals surface area contributed by atoms with Crippen LogP contribution in [0.25, 0.3) is 0 Å². The Bertz CT molecular complexity index is 1130. The van der Waals surface area contributed by atoms with Gasteiger partial charge in [-0.15, -0.1) is 0 Å². The largest absolute Gasteiger partial charge is 0.354 e. The molecule has 0 aromatic heterocycles. The van der Waals surface area contributed by atoms with Gasteiger partial charge in [-0.1, -0.05) is 44.2 Å². The molecule has 0 bridgehead atoms. The number of hydrogen-bond acceptors (Lipinski definition) is 4. The number of rotatable bonds is 13. The molecule has 0 saturated heterocycles. The van der Waals surface area contributed by atoms with E-state index in [-0.39, 0.29) is 42.8 Å². The maximum atomic E-state index is 13.7. The fourth-order valence-electron chi connectivity index (χ4n) is 3.67. The van der Waals surface area contributed by atoms with Crippen molar-refractivity contribution in [3.05, 3.63) is 65.7 Å². The van der Waals surface area contributed by atoms with Gasteiger partial charge in [-0.05, 0) is 43.4 Å². The van der Waals surface area contributed by atoms with Crippen LogP contribution in [0.3, 0.4) is 0 Å². The lowest BCUT2D eigenvalue weighted by Gasteiger charge is -2.29. The van der Waals surface area contributed by atoms with Gasteiger partial charge in [-0.25, -0.2) is 17.2 Å². The molecule has 0 unspecified atom stereocenters. The van der Waals surface area contributed by atoms with E-state index in [1.54, 1.807) is 6.92 Å².